The van der Waals surface area contributed by atoms with Crippen molar-refractivity contribution in [2.75, 3.05) is 31.1 Å². The van der Waals surface area contributed by atoms with Crippen molar-refractivity contribution in [2.45, 2.75) is 32.2 Å². The molecule has 7 nitrogen and oxygen atoms in total. The largest absolute Gasteiger partial charge is 0.352 e. The molecule has 0 unspecified atom stereocenters. The van der Waals surface area contributed by atoms with E-state index in [4.69, 9.17) is 9.97 Å². The Kier molecular flexibility index (Phi) is 6.04. The van der Waals surface area contributed by atoms with E-state index in [9.17, 15) is 4.79 Å². The Hall–Kier alpha value is -3.52. The van der Waals surface area contributed by atoms with Gasteiger partial charge < -0.3 is 15.1 Å². The number of pyridine rings is 1. The van der Waals surface area contributed by atoms with Crippen LogP contribution in [0.15, 0.2) is 54.9 Å². The third-order valence-corrected chi connectivity index (χ3v) is 8.05. The van der Waals surface area contributed by atoms with Crippen molar-refractivity contribution in [3.05, 3.63) is 70.9 Å². The van der Waals surface area contributed by atoms with Crippen molar-refractivity contribution in [2.24, 2.45) is 0 Å². The smallest absolute Gasteiger partial charge is 0.317 e. The first-order chi connectivity index (χ1) is 17.3. The highest BCUT2D eigenvalue weighted by Gasteiger charge is 2.27. The fraction of sp³-hybridized carbons (Fsp3) is 0.333. The summed E-state index contributed by atoms with van der Waals surface area (Å²) in [6, 6.07) is 14.0. The highest BCUT2D eigenvalue weighted by atomic mass is 32.1. The summed E-state index contributed by atoms with van der Waals surface area (Å²) in [5.74, 6) is 1.74. The second-order valence-electron chi connectivity index (χ2n) is 9.12. The molecule has 178 valence electrons. The molecule has 35 heavy (non-hydrogen) atoms. The van der Waals surface area contributed by atoms with Crippen LogP contribution in [0.2, 0.25) is 0 Å². The fourth-order valence-electron chi connectivity index (χ4n) is 5.00. The molecular formula is C27H28N6OS. The Morgan fingerprint density at radius 1 is 0.971 bits per heavy atom. The molecule has 1 fully saturated rings. The molecule has 2 amide bonds. The summed E-state index contributed by atoms with van der Waals surface area (Å²) in [7, 11) is 0. The summed E-state index contributed by atoms with van der Waals surface area (Å²) in [4.78, 5) is 33.9. The Morgan fingerprint density at radius 2 is 1.80 bits per heavy atom. The number of hydrogen-bond acceptors (Lipinski definition) is 6. The maximum Gasteiger partial charge on any atom is 0.317 e. The van der Waals surface area contributed by atoms with Crippen LogP contribution in [0, 0.1) is 0 Å². The molecule has 0 bridgehead atoms. The number of carbonyl (C=O) groups is 1. The number of anilines is 1. The Bertz CT molecular complexity index is 1330. The van der Waals surface area contributed by atoms with Crippen molar-refractivity contribution in [1.82, 2.24) is 25.2 Å². The van der Waals surface area contributed by atoms with Crippen molar-refractivity contribution in [1.29, 1.82) is 0 Å². The average Bonchev–Trinajstić information content (AvgIpc) is 3.31. The number of urea groups is 1. The molecule has 2 aliphatic rings. The Morgan fingerprint density at radius 3 is 2.60 bits per heavy atom. The summed E-state index contributed by atoms with van der Waals surface area (Å²) in [6.07, 6.45) is 8.29. The standard InChI is InChI=1S/C27H28N6OS/c34-27(29-17-19-7-2-1-3-8-19)33-15-13-32(14-16-33)25-23-21-10-4-5-11-22(21)35-26(23)31-24(30-25)20-9-6-12-28-18-20/h1-3,6-9,12,18H,4-5,10-11,13-17H2,(H,29,34). The lowest BCUT2D eigenvalue weighted by Crippen LogP contribution is -2.52. The van der Waals surface area contributed by atoms with Gasteiger partial charge >= 0.3 is 6.03 Å². The molecule has 3 aromatic heterocycles. The number of hydrogen-bond donors (Lipinski definition) is 1. The number of aromatic nitrogens is 3. The summed E-state index contributed by atoms with van der Waals surface area (Å²) < 4.78 is 0. The van der Waals surface area contributed by atoms with Crippen molar-refractivity contribution in [3.8, 4) is 11.4 Å². The molecule has 1 saturated heterocycles. The molecule has 8 heteroatoms. The first-order valence-electron chi connectivity index (χ1n) is 12.3. The monoisotopic (exact) mass is 484 g/mol. The number of carbonyl (C=O) groups excluding carboxylic acids is 1. The van der Waals surface area contributed by atoms with Crippen LogP contribution in [0.4, 0.5) is 10.6 Å². The maximum atomic E-state index is 12.8. The number of amides is 2. The van der Waals surface area contributed by atoms with E-state index in [1.807, 2.05) is 64.9 Å². The lowest BCUT2D eigenvalue weighted by Gasteiger charge is -2.36. The van der Waals surface area contributed by atoms with Crippen LogP contribution in [0.3, 0.4) is 0 Å². The molecule has 1 aliphatic carbocycles. The fourth-order valence-corrected chi connectivity index (χ4v) is 6.25. The van der Waals surface area contributed by atoms with Gasteiger partial charge in [-0.15, -0.1) is 11.3 Å². The summed E-state index contributed by atoms with van der Waals surface area (Å²) in [6.45, 7) is 3.38. The number of thiophene rings is 1. The van der Waals surface area contributed by atoms with E-state index in [0.717, 1.165) is 53.5 Å². The van der Waals surface area contributed by atoms with Gasteiger partial charge in [-0.1, -0.05) is 30.3 Å². The van der Waals surface area contributed by atoms with Gasteiger partial charge in [0.15, 0.2) is 5.82 Å². The van der Waals surface area contributed by atoms with Crippen LogP contribution in [-0.2, 0) is 19.4 Å². The zero-order valence-corrected chi connectivity index (χ0v) is 20.4. The minimum atomic E-state index is -0.00898. The molecule has 0 radical (unpaired) electrons. The van der Waals surface area contributed by atoms with Crippen molar-refractivity contribution in [3.63, 3.8) is 0 Å². The molecule has 4 heterocycles. The number of benzene rings is 1. The number of aryl methyl sites for hydroxylation is 2. The highest BCUT2D eigenvalue weighted by Crippen LogP contribution is 2.41. The van der Waals surface area contributed by atoms with Gasteiger partial charge in [-0.2, -0.15) is 0 Å². The molecule has 1 aliphatic heterocycles. The predicted octanol–water partition coefficient (Wildman–Crippen LogP) is 4.66. The van der Waals surface area contributed by atoms with Crippen molar-refractivity contribution < 1.29 is 4.79 Å². The summed E-state index contributed by atoms with van der Waals surface area (Å²) >= 11 is 1.82. The molecule has 1 aromatic carbocycles. The number of nitrogens with one attached hydrogen (secondary N) is 1. The van der Waals surface area contributed by atoms with Gasteiger partial charge in [0, 0.05) is 55.6 Å². The van der Waals surface area contributed by atoms with Gasteiger partial charge in [0.2, 0.25) is 0 Å². The second kappa shape index (κ2) is 9.62. The zero-order valence-electron chi connectivity index (χ0n) is 19.6. The molecular weight excluding hydrogens is 456 g/mol. The zero-order chi connectivity index (χ0) is 23.6. The van der Waals surface area contributed by atoms with Gasteiger partial charge in [0.25, 0.3) is 0 Å². The van der Waals surface area contributed by atoms with E-state index in [0.29, 0.717) is 19.6 Å². The molecule has 4 aromatic rings. The topological polar surface area (TPSA) is 74.2 Å². The lowest BCUT2D eigenvalue weighted by atomic mass is 9.96. The second-order valence-corrected chi connectivity index (χ2v) is 10.2. The maximum absolute atomic E-state index is 12.8. The van der Waals surface area contributed by atoms with Gasteiger partial charge in [-0.3, -0.25) is 4.98 Å². The van der Waals surface area contributed by atoms with Gasteiger partial charge in [0.1, 0.15) is 10.6 Å². The van der Waals surface area contributed by atoms with E-state index in [1.165, 1.54) is 28.7 Å². The minimum absolute atomic E-state index is 0.00898. The van der Waals surface area contributed by atoms with Crippen LogP contribution in [-0.4, -0.2) is 52.1 Å². The van der Waals surface area contributed by atoms with Crippen molar-refractivity contribution >= 4 is 33.4 Å². The van der Waals surface area contributed by atoms with E-state index in [1.54, 1.807) is 6.20 Å². The number of rotatable bonds is 4. The number of piperazine rings is 1. The SMILES string of the molecule is O=C(NCc1ccccc1)N1CCN(c2nc(-c3cccnc3)nc3sc4c(c23)CCCC4)CC1. The molecule has 0 spiro atoms. The number of nitrogens with zero attached hydrogens (tertiary/aromatic N) is 5. The van der Waals surface area contributed by atoms with E-state index in [-0.39, 0.29) is 6.03 Å². The van der Waals surface area contributed by atoms with Crippen LogP contribution >= 0.6 is 11.3 Å². The van der Waals surface area contributed by atoms with Crippen LogP contribution in [0.25, 0.3) is 21.6 Å². The third-order valence-electron chi connectivity index (χ3n) is 6.87. The number of fused-ring (bicyclic) bond motifs is 3. The van der Waals surface area contributed by atoms with E-state index >= 15 is 0 Å². The van der Waals surface area contributed by atoms with Gasteiger partial charge in [0.05, 0.1) is 5.39 Å². The lowest BCUT2D eigenvalue weighted by molar-refractivity contribution is 0.194. The Balaban J connectivity index is 1.25. The molecule has 0 atom stereocenters. The molecule has 0 saturated carbocycles. The average molecular weight is 485 g/mol. The van der Waals surface area contributed by atoms with Gasteiger partial charge in [-0.05, 0) is 48.9 Å². The van der Waals surface area contributed by atoms with Crippen LogP contribution in [0.5, 0.6) is 0 Å². The first-order valence-corrected chi connectivity index (χ1v) is 13.1. The summed E-state index contributed by atoms with van der Waals surface area (Å²) in [5, 5.41) is 4.28. The van der Waals surface area contributed by atoms with Gasteiger partial charge in [-0.25, -0.2) is 14.8 Å². The highest BCUT2D eigenvalue weighted by molar-refractivity contribution is 7.19. The van der Waals surface area contributed by atoms with E-state index in [2.05, 4.69) is 15.2 Å². The molecule has 6 rings (SSSR count). The van der Waals surface area contributed by atoms with E-state index < -0.39 is 0 Å². The quantitative estimate of drug-likeness (QED) is 0.456. The first kappa shape index (κ1) is 22.0. The van der Waals surface area contributed by atoms with Crippen LogP contribution < -0.4 is 10.2 Å². The minimum Gasteiger partial charge on any atom is -0.352 e. The summed E-state index contributed by atoms with van der Waals surface area (Å²) in [5.41, 5.74) is 3.47. The predicted molar refractivity (Wildman–Crippen MR) is 140 cm³/mol. The third kappa shape index (κ3) is 4.46. The Labute approximate surface area is 208 Å². The normalized spacial score (nSPS) is 15.8. The van der Waals surface area contributed by atoms with Crippen LogP contribution in [0.1, 0.15) is 28.8 Å². The molecule has 1 N–H and O–H groups in total.